The molecule has 1 saturated heterocycles. The quantitative estimate of drug-likeness (QED) is 0.654. The van der Waals surface area contributed by atoms with E-state index in [-0.39, 0.29) is 18.5 Å². The van der Waals surface area contributed by atoms with E-state index in [2.05, 4.69) is 6.92 Å². The van der Waals surface area contributed by atoms with Gasteiger partial charge in [-0.3, -0.25) is 4.79 Å². The molecule has 1 atom stereocenters. The number of aromatic nitrogens is 2. The number of piperidine rings is 1. The molecule has 6 heteroatoms. The summed E-state index contributed by atoms with van der Waals surface area (Å²) in [4.78, 5) is 20.0. The first-order chi connectivity index (χ1) is 14.1. The van der Waals surface area contributed by atoms with E-state index in [0.29, 0.717) is 11.5 Å². The number of carbonyl (C=O) groups excluding carboxylic acids is 1. The second-order valence-corrected chi connectivity index (χ2v) is 7.51. The van der Waals surface area contributed by atoms with E-state index >= 15 is 0 Å². The molecule has 2 heterocycles. The van der Waals surface area contributed by atoms with Gasteiger partial charge in [0.25, 0.3) is 0 Å². The molecule has 6 nitrogen and oxygen atoms in total. The third-order valence-electron chi connectivity index (χ3n) is 5.71. The lowest BCUT2D eigenvalue weighted by atomic mass is 10.0. The number of carbonyl (C=O) groups is 1. The first-order valence-electron chi connectivity index (χ1n) is 10.1. The van der Waals surface area contributed by atoms with Crippen molar-refractivity contribution in [1.82, 2.24) is 14.5 Å². The zero-order valence-corrected chi connectivity index (χ0v) is 17.2. The van der Waals surface area contributed by atoms with Crippen LogP contribution in [0, 0.1) is 0 Å². The molecule has 1 amide bonds. The summed E-state index contributed by atoms with van der Waals surface area (Å²) in [6, 6.07) is 13.9. The van der Waals surface area contributed by atoms with E-state index in [1.54, 1.807) is 14.2 Å². The van der Waals surface area contributed by atoms with E-state index in [4.69, 9.17) is 14.5 Å². The van der Waals surface area contributed by atoms with E-state index in [1.807, 2.05) is 51.9 Å². The fraction of sp³-hybridized carbons (Fsp3) is 0.391. The minimum absolute atomic E-state index is 0.141. The second-order valence-electron chi connectivity index (χ2n) is 7.51. The molecule has 2 aromatic carbocycles. The van der Waals surface area contributed by atoms with Crippen LogP contribution >= 0.6 is 0 Å². The predicted octanol–water partition coefficient (Wildman–Crippen LogP) is 4.12. The molecule has 29 heavy (non-hydrogen) atoms. The Morgan fingerprint density at radius 2 is 1.90 bits per heavy atom. The summed E-state index contributed by atoms with van der Waals surface area (Å²) in [5.41, 5.74) is 2.71. The maximum absolute atomic E-state index is 13.2. The number of para-hydroxylation sites is 2. The number of ether oxygens (including phenoxy) is 2. The molecule has 1 aliphatic rings. The number of methoxy groups -OCH3 is 2. The fourth-order valence-electron chi connectivity index (χ4n) is 4.13. The molecule has 1 fully saturated rings. The third-order valence-corrected chi connectivity index (χ3v) is 5.71. The van der Waals surface area contributed by atoms with Crippen LogP contribution in [-0.2, 0) is 11.3 Å². The van der Waals surface area contributed by atoms with Gasteiger partial charge in [0.05, 0.1) is 25.3 Å². The zero-order chi connectivity index (χ0) is 20.4. The molecule has 0 aliphatic carbocycles. The summed E-state index contributed by atoms with van der Waals surface area (Å²) in [6.45, 7) is 3.24. The maximum atomic E-state index is 13.2. The van der Waals surface area contributed by atoms with Gasteiger partial charge in [-0.05, 0) is 56.5 Å². The number of hydrogen-bond acceptors (Lipinski definition) is 4. The van der Waals surface area contributed by atoms with Crippen LogP contribution in [0.5, 0.6) is 11.5 Å². The summed E-state index contributed by atoms with van der Waals surface area (Å²) >= 11 is 0. The Hall–Kier alpha value is -3.02. The van der Waals surface area contributed by atoms with Gasteiger partial charge in [0, 0.05) is 18.2 Å². The largest absolute Gasteiger partial charge is 0.493 e. The number of amides is 1. The van der Waals surface area contributed by atoms with Crippen LogP contribution in [0.15, 0.2) is 42.5 Å². The lowest BCUT2D eigenvalue weighted by molar-refractivity contribution is -0.134. The van der Waals surface area contributed by atoms with E-state index < -0.39 is 0 Å². The van der Waals surface area contributed by atoms with Gasteiger partial charge in [-0.1, -0.05) is 12.1 Å². The van der Waals surface area contributed by atoms with Crippen molar-refractivity contribution in [1.29, 1.82) is 0 Å². The highest BCUT2D eigenvalue weighted by Gasteiger charge is 2.25. The van der Waals surface area contributed by atoms with Gasteiger partial charge in [0.15, 0.2) is 11.5 Å². The van der Waals surface area contributed by atoms with Crippen LogP contribution in [0.25, 0.3) is 22.4 Å². The van der Waals surface area contributed by atoms with Gasteiger partial charge in [-0.15, -0.1) is 0 Å². The first kappa shape index (κ1) is 19.3. The van der Waals surface area contributed by atoms with Crippen LogP contribution < -0.4 is 9.47 Å². The van der Waals surface area contributed by atoms with Gasteiger partial charge in [0.1, 0.15) is 12.4 Å². The Labute approximate surface area is 171 Å². The van der Waals surface area contributed by atoms with Crippen molar-refractivity contribution in [3.8, 4) is 22.9 Å². The summed E-state index contributed by atoms with van der Waals surface area (Å²) < 4.78 is 12.8. The monoisotopic (exact) mass is 393 g/mol. The summed E-state index contributed by atoms with van der Waals surface area (Å²) in [5, 5.41) is 0. The molecule has 152 valence electrons. The maximum Gasteiger partial charge on any atom is 0.242 e. The molecular formula is C23H27N3O3. The van der Waals surface area contributed by atoms with Gasteiger partial charge in [-0.2, -0.15) is 0 Å². The van der Waals surface area contributed by atoms with Gasteiger partial charge in [0.2, 0.25) is 5.91 Å². The van der Waals surface area contributed by atoms with E-state index in [0.717, 1.165) is 41.8 Å². The van der Waals surface area contributed by atoms with E-state index in [9.17, 15) is 4.79 Å². The van der Waals surface area contributed by atoms with Gasteiger partial charge < -0.3 is 18.9 Å². The lowest BCUT2D eigenvalue weighted by Gasteiger charge is -2.33. The molecule has 1 aromatic heterocycles. The van der Waals surface area contributed by atoms with Crippen molar-refractivity contribution in [2.45, 2.75) is 38.8 Å². The molecule has 0 saturated carbocycles. The molecular weight excluding hydrogens is 366 g/mol. The number of likely N-dealkylation sites (tertiary alicyclic amines) is 1. The molecule has 1 unspecified atom stereocenters. The minimum atomic E-state index is 0.141. The van der Waals surface area contributed by atoms with Crippen molar-refractivity contribution in [2.75, 3.05) is 20.8 Å². The lowest BCUT2D eigenvalue weighted by Crippen LogP contribution is -2.43. The summed E-state index contributed by atoms with van der Waals surface area (Å²) in [7, 11) is 3.23. The highest BCUT2D eigenvalue weighted by molar-refractivity contribution is 5.85. The normalized spacial score (nSPS) is 16.8. The molecule has 0 N–H and O–H groups in total. The standard InChI is InChI=1S/C23H27N3O3/c1-16-8-6-7-13-25(16)22(27)15-26-19-10-5-4-9-18(19)24-23(26)17-11-12-20(28-2)21(14-17)29-3/h4-5,9-12,14,16H,6-8,13,15H2,1-3H3. The highest BCUT2D eigenvalue weighted by atomic mass is 16.5. The van der Waals surface area contributed by atoms with Crippen LogP contribution in [0.3, 0.4) is 0 Å². The topological polar surface area (TPSA) is 56.6 Å². The Kier molecular flexibility index (Phi) is 5.43. The van der Waals surface area contributed by atoms with Crippen molar-refractivity contribution in [2.24, 2.45) is 0 Å². The molecule has 1 aliphatic heterocycles. The molecule has 3 aromatic rings. The third kappa shape index (κ3) is 3.67. The van der Waals surface area contributed by atoms with Crippen LogP contribution in [0.4, 0.5) is 0 Å². The molecule has 0 radical (unpaired) electrons. The number of imidazole rings is 1. The van der Waals surface area contributed by atoms with Crippen LogP contribution in [-0.4, -0.2) is 47.2 Å². The second kappa shape index (κ2) is 8.15. The molecule has 0 bridgehead atoms. The zero-order valence-electron chi connectivity index (χ0n) is 17.2. The van der Waals surface area contributed by atoms with Gasteiger partial charge in [-0.25, -0.2) is 4.98 Å². The predicted molar refractivity (Wildman–Crippen MR) is 113 cm³/mol. The Morgan fingerprint density at radius 1 is 1.10 bits per heavy atom. The SMILES string of the molecule is COc1ccc(-c2nc3ccccc3n2CC(=O)N2CCCCC2C)cc1OC. The smallest absolute Gasteiger partial charge is 0.242 e. The molecule has 0 spiro atoms. The number of nitrogens with zero attached hydrogens (tertiary/aromatic N) is 3. The first-order valence-corrected chi connectivity index (χ1v) is 10.1. The van der Waals surface area contributed by atoms with Crippen LogP contribution in [0.2, 0.25) is 0 Å². The van der Waals surface area contributed by atoms with Crippen molar-refractivity contribution >= 4 is 16.9 Å². The number of rotatable bonds is 5. The van der Waals surface area contributed by atoms with E-state index in [1.165, 1.54) is 6.42 Å². The summed E-state index contributed by atoms with van der Waals surface area (Å²) in [5.74, 6) is 2.20. The average molecular weight is 393 g/mol. The number of hydrogen-bond donors (Lipinski definition) is 0. The Balaban J connectivity index is 1.76. The minimum Gasteiger partial charge on any atom is -0.493 e. The Morgan fingerprint density at radius 3 is 2.66 bits per heavy atom. The Bertz CT molecular complexity index is 1030. The number of benzene rings is 2. The van der Waals surface area contributed by atoms with Gasteiger partial charge >= 0.3 is 0 Å². The average Bonchev–Trinajstić information content (AvgIpc) is 3.12. The molecule has 4 rings (SSSR count). The highest BCUT2D eigenvalue weighted by Crippen LogP contribution is 2.33. The van der Waals surface area contributed by atoms with Crippen molar-refractivity contribution < 1.29 is 14.3 Å². The summed E-state index contributed by atoms with van der Waals surface area (Å²) in [6.07, 6.45) is 3.33. The van der Waals surface area contributed by atoms with Crippen molar-refractivity contribution in [3.63, 3.8) is 0 Å². The number of fused-ring (bicyclic) bond motifs is 1. The fourth-order valence-corrected chi connectivity index (χ4v) is 4.13. The van der Waals surface area contributed by atoms with Crippen LogP contribution in [0.1, 0.15) is 26.2 Å². The van der Waals surface area contributed by atoms with Crippen molar-refractivity contribution in [3.05, 3.63) is 42.5 Å².